The van der Waals surface area contributed by atoms with E-state index in [0.29, 0.717) is 0 Å². The minimum Gasteiger partial charge on any atom is -0.0992 e. The summed E-state index contributed by atoms with van der Waals surface area (Å²) in [6, 6.07) is 0. The highest BCUT2D eigenvalue weighted by molar-refractivity contribution is 7.23. The second kappa shape index (κ2) is 7.99. The Morgan fingerprint density at radius 3 is 2.56 bits per heavy atom. The van der Waals surface area contributed by atoms with E-state index in [-0.39, 0.29) is 0 Å². The summed E-state index contributed by atoms with van der Waals surface area (Å²) in [5.74, 6) is 3.02. The van der Waals surface area contributed by atoms with E-state index in [1.54, 1.807) is 0 Å². The molecule has 0 saturated carbocycles. The number of rotatable bonds is 4. The molecule has 0 aromatic rings. The Kier molecular flexibility index (Phi) is 7.98. The summed E-state index contributed by atoms with van der Waals surface area (Å²) in [7, 11) is 2.42. The molecule has 1 unspecified atom stereocenters. The third-order valence-electron chi connectivity index (χ3n) is 1.26. The monoisotopic (exact) mass is 142 g/mol. The molecule has 0 N–H and O–H groups in total. The van der Waals surface area contributed by atoms with Gasteiger partial charge in [-0.05, 0) is 6.42 Å². The fraction of sp³-hybridized carbons (Fsp3) is 0.750. The van der Waals surface area contributed by atoms with E-state index in [1.807, 2.05) is 0 Å². The topological polar surface area (TPSA) is 0 Å². The first-order valence-corrected chi connectivity index (χ1v) is 4.18. The Morgan fingerprint density at radius 2 is 2.00 bits per heavy atom. The predicted octanol–water partition coefficient (Wildman–Crippen LogP) is 2.79. The van der Waals surface area contributed by atoms with Gasteiger partial charge in [0.25, 0.3) is 0 Å². The molecule has 0 aliphatic heterocycles. The minimum atomic E-state index is 1.07. The number of hydrogen-bond acceptors (Lipinski definition) is 0. The molecule has 0 aromatic carbocycles. The molecule has 0 aromatic heterocycles. The molecule has 1 atom stereocenters. The van der Waals surface area contributed by atoms with Gasteiger partial charge in [0, 0.05) is 6.42 Å². The largest absolute Gasteiger partial charge is 0.0992 e. The summed E-state index contributed by atoms with van der Waals surface area (Å²) in [4.78, 5) is 0. The second-order valence-corrected chi connectivity index (χ2v) is 2.42. The molecule has 0 aliphatic rings. The number of hydrogen-bond donors (Lipinski definition) is 0. The van der Waals surface area contributed by atoms with Gasteiger partial charge in [-0.1, -0.05) is 47.0 Å². The zero-order valence-electron chi connectivity index (χ0n) is 6.11. The first kappa shape index (κ1) is 8.99. The maximum Gasteiger partial charge on any atom is 0.00919 e. The van der Waals surface area contributed by atoms with Crippen LogP contribution < -0.4 is 0 Å². The molecule has 0 rings (SSSR count). The van der Waals surface area contributed by atoms with Crippen molar-refractivity contribution >= 4 is 9.24 Å². The summed E-state index contributed by atoms with van der Waals surface area (Å²) >= 11 is 0. The van der Waals surface area contributed by atoms with Crippen molar-refractivity contribution in [2.75, 3.05) is 0 Å². The van der Waals surface area contributed by atoms with Crippen LogP contribution in [0.25, 0.3) is 0 Å². The third-order valence-corrected chi connectivity index (χ3v) is 1.46. The second-order valence-electron chi connectivity index (χ2n) is 2.13. The van der Waals surface area contributed by atoms with Crippen molar-refractivity contribution in [1.82, 2.24) is 0 Å². The third kappa shape index (κ3) is 7.99. The van der Waals surface area contributed by atoms with Gasteiger partial charge in [0.15, 0.2) is 0 Å². The van der Waals surface area contributed by atoms with E-state index >= 15 is 0 Å². The van der Waals surface area contributed by atoms with Crippen LogP contribution in [0.15, 0.2) is 0 Å². The molecule has 0 amide bonds. The van der Waals surface area contributed by atoms with Crippen molar-refractivity contribution in [3.8, 4) is 11.6 Å². The molecule has 52 valence electrons. The Bertz CT molecular complexity index is 96.9. The van der Waals surface area contributed by atoms with Crippen molar-refractivity contribution in [2.45, 2.75) is 39.0 Å². The summed E-state index contributed by atoms with van der Waals surface area (Å²) in [6.45, 7) is 2.22. The van der Waals surface area contributed by atoms with Crippen LogP contribution in [0.3, 0.4) is 0 Å². The first-order chi connectivity index (χ1) is 4.41. The van der Waals surface area contributed by atoms with Crippen molar-refractivity contribution in [3.63, 3.8) is 0 Å². The predicted molar refractivity (Wildman–Crippen MR) is 46.2 cm³/mol. The van der Waals surface area contributed by atoms with Crippen LogP contribution in [-0.4, -0.2) is 0 Å². The summed E-state index contributed by atoms with van der Waals surface area (Å²) < 4.78 is 0. The lowest BCUT2D eigenvalue weighted by Crippen LogP contribution is -1.72. The molecule has 0 aliphatic carbocycles. The SMILES string of the molecule is CCCCCCC#CP. The first-order valence-electron chi connectivity index (χ1n) is 3.60. The highest BCUT2D eigenvalue weighted by Crippen LogP contribution is 2.00. The van der Waals surface area contributed by atoms with E-state index in [1.165, 1.54) is 25.7 Å². The zero-order valence-corrected chi connectivity index (χ0v) is 7.27. The van der Waals surface area contributed by atoms with Gasteiger partial charge in [-0.15, -0.1) is 0 Å². The van der Waals surface area contributed by atoms with Crippen LogP contribution in [0.4, 0.5) is 0 Å². The smallest absolute Gasteiger partial charge is 0.00919 e. The summed E-state index contributed by atoms with van der Waals surface area (Å²) in [6.07, 6.45) is 6.36. The fourth-order valence-corrected chi connectivity index (χ4v) is 0.857. The van der Waals surface area contributed by atoms with Crippen molar-refractivity contribution in [3.05, 3.63) is 0 Å². The molecule has 9 heavy (non-hydrogen) atoms. The molecule has 0 heterocycles. The van der Waals surface area contributed by atoms with E-state index in [2.05, 4.69) is 27.7 Å². The van der Waals surface area contributed by atoms with Gasteiger partial charge in [0.1, 0.15) is 0 Å². The van der Waals surface area contributed by atoms with Crippen molar-refractivity contribution in [2.24, 2.45) is 0 Å². The van der Waals surface area contributed by atoms with Gasteiger partial charge in [-0.25, -0.2) is 0 Å². The van der Waals surface area contributed by atoms with Gasteiger partial charge in [0.2, 0.25) is 0 Å². The van der Waals surface area contributed by atoms with Gasteiger partial charge in [-0.3, -0.25) is 0 Å². The molecule has 0 saturated heterocycles. The lowest BCUT2D eigenvalue weighted by molar-refractivity contribution is 0.680. The minimum absolute atomic E-state index is 1.07. The van der Waals surface area contributed by atoms with Crippen LogP contribution in [0, 0.1) is 11.6 Å². The molecule has 0 radical (unpaired) electrons. The highest BCUT2D eigenvalue weighted by atomic mass is 31.0. The van der Waals surface area contributed by atoms with E-state index in [4.69, 9.17) is 0 Å². The fourth-order valence-electron chi connectivity index (χ4n) is 0.712. The molecule has 0 spiro atoms. The summed E-state index contributed by atoms with van der Waals surface area (Å²) in [5, 5.41) is 0. The zero-order chi connectivity index (χ0) is 6.95. The van der Waals surface area contributed by atoms with Crippen LogP contribution in [-0.2, 0) is 0 Å². The Labute approximate surface area is 60.6 Å². The Hall–Kier alpha value is -0.0100. The Balaban J connectivity index is 2.80. The Morgan fingerprint density at radius 1 is 1.22 bits per heavy atom. The molecule has 0 bridgehead atoms. The molecule has 0 fully saturated rings. The molecular formula is C8H15P. The van der Waals surface area contributed by atoms with Crippen LogP contribution in [0.2, 0.25) is 0 Å². The lowest BCUT2D eigenvalue weighted by Gasteiger charge is -1.90. The van der Waals surface area contributed by atoms with E-state index < -0.39 is 0 Å². The lowest BCUT2D eigenvalue weighted by atomic mass is 10.2. The normalized spacial score (nSPS) is 8.22. The van der Waals surface area contributed by atoms with E-state index in [9.17, 15) is 0 Å². The van der Waals surface area contributed by atoms with Crippen LogP contribution in [0.1, 0.15) is 39.0 Å². The van der Waals surface area contributed by atoms with E-state index in [0.717, 1.165) is 6.42 Å². The van der Waals surface area contributed by atoms with Gasteiger partial charge < -0.3 is 0 Å². The van der Waals surface area contributed by atoms with Crippen LogP contribution >= 0.6 is 9.24 Å². The van der Waals surface area contributed by atoms with Crippen LogP contribution in [0.5, 0.6) is 0 Å². The van der Waals surface area contributed by atoms with Gasteiger partial charge in [-0.2, -0.15) is 0 Å². The van der Waals surface area contributed by atoms with Crippen molar-refractivity contribution < 1.29 is 0 Å². The van der Waals surface area contributed by atoms with Crippen molar-refractivity contribution in [1.29, 1.82) is 0 Å². The quantitative estimate of drug-likeness (QED) is 0.321. The standard InChI is InChI=1S/C8H15P/c1-2-3-4-5-6-7-8-9/h2-6,9H2,1H3. The average molecular weight is 142 g/mol. The van der Waals surface area contributed by atoms with Gasteiger partial charge in [0.05, 0.1) is 0 Å². The van der Waals surface area contributed by atoms with Gasteiger partial charge >= 0.3 is 0 Å². The highest BCUT2D eigenvalue weighted by Gasteiger charge is 1.82. The average Bonchev–Trinajstić information content (AvgIpc) is 1.89. The number of unbranched alkanes of at least 4 members (excludes halogenated alkanes) is 4. The molecule has 1 heteroatoms. The summed E-state index contributed by atoms with van der Waals surface area (Å²) in [5.41, 5.74) is 2.81. The molecular weight excluding hydrogens is 127 g/mol. The maximum absolute atomic E-state index is 3.02. The molecule has 0 nitrogen and oxygen atoms in total. The maximum atomic E-state index is 3.02.